The monoisotopic (exact) mass is 327 g/mol. The third-order valence-electron chi connectivity index (χ3n) is 3.88. The molecule has 0 aliphatic carbocycles. The Hall–Kier alpha value is -2.82. The Labute approximate surface area is 141 Å². The predicted molar refractivity (Wildman–Crippen MR) is 92.6 cm³/mol. The fraction of sp³-hybridized carbons (Fsp3) is 0.263. The van der Waals surface area contributed by atoms with Gasteiger partial charge in [0.15, 0.2) is 0 Å². The van der Waals surface area contributed by atoms with Crippen LogP contribution in [0.25, 0.3) is 0 Å². The fourth-order valence-electron chi connectivity index (χ4n) is 2.40. The lowest BCUT2D eigenvalue weighted by Crippen LogP contribution is -2.22. The second kappa shape index (κ2) is 7.64. The largest absolute Gasteiger partial charge is 0.497 e. The summed E-state index contributed by atoms with van der Waals surface area (Å²) in [5, 5.41) is 11.9. The molecule has 0 bridgehead atoms. The molecule has 0 saturated heterocycles. The van der Waals surface area contributed by atoms with Gasteiger partial charge in [0, 0.05) is 11.6 Å². The van der Waals surface area contributed by atoms with Gasteiger partial charge >= 0.3 is 5.97 Å². The van der Waals surface area contributed by atoms with E-state index in [0.717, 1.165) is 11.3 Å². The SMILES string of the molecule is COc1ccc(CC(C)C(=O)Nc2ccc(C)c(C(=O)O)c2)cc1. The van der Waals surface area contributed by atoms with Crippen molar-refractivity contribution in [2.24, 2.45) is 5.92 Å². The number of methoxy groups -OCH3 is 1. The molecule has 2 aromatic rings. The van der Waals surface area contributed by atoms with Gasteiger partial charge in [-0.3, -0.25) is 4.79 Å². The molecule has 0 fully saturated rings. The molecule has 0 heterocycles. The lowest BCUT2D eigenvalue weighted by atomic mass is 10.00. The van der Waals surface area contributed by atoms with Crippen LogP contribution < -0.4 is 10.1 Å². The summed E-state index contributed by atoms with van der Waals surface area (Å²) in [6.45, 7) is 3.56. The molecule has 0 aliphatic heterocycles. The number of amides is 1. The standard InChI is InChI=1S/C19H21NO4/c1-12-4-7-15(11-17(12)19(22)23)20-18(21)13(2)10-14-5-8-16(24-3)9-6-14/h4-9,11,13H,10H2,1-3H3,(H,20,21)(H,22,23). The molecule has 2 N–H and O–H groups in total. The van der Waals surface area contributed by atoms with Crippen LogP contribution in [0.4, 0.5) is 5.69 Å². The maximum absolute atomic E-state index is 12.3. The molecule has 1 atom stereocenters. The van der Waals surface area contributed by atoms with E-state index in [1.54, 1.807) is 26.2 Å². The summed E-state index contributed by atoms with van der Waals surface area (Å²) in [7, 11) is 1.61. The summed E-state index contributed by atoms with van der Waals surface area (Å²) >= 11 is 0. The van der Waals surface area contributed by atoms with Crippen LogP contribution in [0.15, 0.2) is 42.5 Å². The topological polar surface area (TPSA) is 75.6 Å². The zero-order valence-electron chi connectivity index (χ0n) is 14.0. The zero-order chi connectivity index (χ0) is 17.7. The summed E-state index contributed by atoms with van der Waals surface area (Å²) in [5.74, 6) is -0.620. The van der Waals surface area contributed by atoms with Gasteiger partial charge in [-0.15, -0.1) is 0 Å². The Bertz CT molecular complexity index is 738. The first-order valence-corrected chi connectivity index (χ1v) is 7.68. The smallest absolute Gasteiger partial charge is 0.336 e. The van der Waals surface area contributed by atoms with Crippen molar-refractivity contribution < 1.29 is 19.4 Å². The van der Waals surface area contributed by atoms with Crippen LogP contribution in [0.5, 0.6) is 5.75 Å². The first-order chi connectivity index (χ1) is 11.4. The van der Waals surface area contributed by atoms with Crippen molar-refractivity contribution in [2.45, 2.75) is 20.3 Å². The van der Waals surface area contributed by atoms with Gasteiger partial charge in [0.2, 0.25) is 5.91 Å². The molecular weight excluding hydrogens is 306 g/mol. The number of anilines is 1. The van der Waals surface area contributed by atoms with Crippen molar-refractivity contribution in [1.29, 1.82) is 0 Å². The third-order valence-corrected chi connectivity index (χ3v) is 3.88. The van der Waals surface area contributed by atoms with E-state index < -0.39 is 5.97 Å². The molecule has 5 heteroatoms. The summed E-state index contributed by atoms with van der Waals surface area (Å²) in [4.78, 5) is 23.5. The van der Waals surface area contributed by atoms with E-state index in [1.165, 1.54) is 6.07 Å². The van der Waals surface area contributed by atoms with Gasteiger partial charge in [-0.1, -0.05) is 25.1 Å². The van der Waals surface area contributed by atoms with Gasteiger partial charge in [-0.25, -0.2) is 4.79 Å². The Morgan fingerprint density at radius 3 is 2.42 bits per heavy atom. The normalized spacial score (nSPS) is 11.6. The molecule has 2 aromatic carbocycles. The molecule has 0 aromatic heterocycles. The Kier molecular flexibility index (Phi) is 5.58. The Morgan fingerprint density at radius 1 is 1.17 bits per heavy atom. The maximum atomic E-state index is 12.3. The molecule has 0 spiro atoms. The van der Waals surface area contributed by atoms with Crippen LogP contribution in [0.3, 0.4) is 0 Å². The van der Waals surface area contributed by atoms with E-state index in [-0.39, 0.29) is 17.4 Å². The summed E-state index contributed by atoms with van der Waals surface area (Å²) in [6.07, 6.45) is 0.591. The van der Waals surface area contributed by atoms with Crippen LogP contribution in [0.1, 0.15) is 28.4 Å². The minimum absolute atomic E-state index is 0.147. The van der Waals surface area contributed by atoms with Crippen molar-refractivity contribution in [2.75, 3.05) is 12.4 Å². The molecular formula is C19H21NO4. The molecule has 126 valence electrons. The Morgan fingerprint density at radius 2 is 1.83 bits per heavy atom. The summed E-state index contributed by atoms with van der Waals surface area (Å²) < 4.78 is 5.11. The van der Waals surface area contributed by atoms with Crippen LogP contribution in [0, 0.1) is 12.8 Å². The molecule has 0 saturated carbocycles. The Balaban J connectivity index is 2.03. The highest BCUT2D eigenvalue weighted by Crippen LogP contribution is 2.18. The average molecular weight is 327 g/mol. The number of hydrogen-bond acceptors (Lipinski definition) is 3. The third kappa shape index (κ3) is 4.35. The lowest BCUT2D eigenvalue weighted by Gasteiger charge is -2.13. The van der Waals surface area contributed by atoms with Gasteiger partial charge in [0.05, 0.1) is 12.7 Å². The van der Waals surface area contributed by atoms with Crippen molar-refractivity contribution in [3.63, 3.8) is 0 Å². The van der Waals surface area contributed by atoms with E-state index in [0.29, 0.717) is 17.7 Å². The van der Waals surface area contributed by atoms with Gasteiger partial charge < -0.3 is 15.2 Å². The minimum Gasteiger partial charge on any atom is -0.497 e. The number of benzene rings is 2. The molecule has 5 nitrogen and oxygen atoms in total. The highest BCUT2D eigenvalue weighted by molar-refractivity contribution is 5.95. The summed E-state index contributed by atoms with van der Waals surface area (Å²) in [6, 6.07) is 12.5. The van der Waals surface area contributed by atoms with E-state index in [2.05, 4.69) is 5.32 Å². The van der Waals surface area contributed by atoms with Gasteiger partial charge in [0.25, 0.3) is 0 Å². The van der Waals surface area contributed by atoms with E-state index in [1.807, 2.05) is 31.2 Å². The molecule has 24 heavy (non-hydrogen) atoms. The number of hydrogen-bond donors (Lipinski definition) is 2. The average Bonchev–Trinajstić information content (AvgIpc) is 2.57. The van der Waals surface area contributed by atoms with E-state index in [9.17, 15) is 9.59 Å². The molecule has 0 aliphatic rings. The maximum Gasteiger partial charge on any atom is 0.336 e. The number of nitrogens with one attached hydrogen (secondary N) is 1. The van der Waals surface area contributed by atoms with Crippen molar-refractivity contribution in [1.82, 2.24) is 0 Å². The molecule has 1 amide bonds. The number of ether oxygens (including phenoxy) is 1. The highest BCUT2D eigenvalue weighted by atomic mass is 16.5. The number of carboxylic acid groups (broad SMARTS) is 1. The summed E-state index contributed by atoms with van der Waals surface area (Å²) in [5.41, 5.74) is 2.38. The second-order valence-corrected chi connectivity index (χ2v) is 5.78. The van der Waals surface area contributed by atoms with Crippen molar-refractivity contribution in [3.05, 3.63) is 59.2 Å². The highest BCUT2D eigenvalue weighted by Gasteiger charge is 2.15. The molecule has 1 unspecified atom stereocenters. The van der Waals surface area contributed by atoms with Gasteiger partial charge in [-0.2, -0.15) is 0 Å². The first kappa shape index (κ1) is 17.5. The van der Waals surface area contributed by atoms with Crippen molar-refractivity contribution >= 4 is 17.6 Å². The number of rotatable bonds is 6. The lowest BCUT2D eigenvalue weighted by molar-refractivity contribution is -0.119. The quantitative estimate of drug-likeness (QED) is 0.851. The number of aryl methyl sites for hydroxylation is 1. The number of carbonyl (C=O) groups excluding carboxylic acids is 1. The van der Waals surface area contributed by atoms with Crippen LogP contribution in [-0.4, -0.2) is 24.1 Å². The minimum atomic E-state index is -1.00. The number of aromatic carboxylic acids is 1. The van der Waals surface area contributed by atoms with Gasteiger partial charge in [0.1, 0.15) is 5.75 Å². The van der Waals surface area contributed by atoms with Gasteiger partial charge in [-0.05, 0) is 48.7 Å². The van der Waals surface area contributed by atoms with Crippen molar-refractivity contribution in [3.8, 4) is 5.75 Å². The van der Waals surface area contributed by atoms with E-state index in [4.69, 9.17) is 9.84 Å². The van der Waals surface area contributed by atoms with Crippen LogP contribution >= 0.6 is 0 Å². The molecule has 2 rings (SSSR count). The number of carboxylic acids is 1. The van der Waals surface area contributed by atoms with Crippen LogP contribution in [-0.2, 0) is 11.2 Å². The number of carbonyl (C=O) groups is 2. The van der Waals surface area contributed by atoms with E-state index >= 15 is 0 Å². The molecule has 0 radical (unpaired) electrons. The first-order valence-electron chi connectivity index (χ1n) is 7.68. The van der Waals surface area contributed by atoms with Crippen LogP contribution in [0.2, 0.25) is 0 Å². The predicted octanol–water partition coefficient (Wildman–Crippen LogP) is 3.52. The second-order valence-electron chi connectivity index (χ2n) is 5.78. The fourth-order valence-corrected chi connectivity index (χ4v) is 2.40. The zero-order valence-corrected chi connectivity index (χ0v) is 14.0.